The standard InChI is InChI=1S/C17H16F3N5O/c18-17(19,20)14-8-15(25-16(24-14)22-10-23-25)21-9-11-4-1-2-7-13(11)26-12-5-3-6-12/h1-2,4,7-8,10,12,21H,3,5-6,9H2. The molecule has 0 atom stereocenters. The van der Waals surface area contributed by atoms with Crippen LogP contribution in [0.1, 0.15) is 30.5 Å². The number of fused-ring (bicyclic) bond motifs is 1. The molecule has 0 unspecified atom stereocenters. The van der Waals surface area contributed by atoms with E-state index in [2.05, 4.69) is 20.4 Å². The molecule has 0 bridgehead atoms. The van der Waals surface area contributed by atoms with Gasteiger partial charge in [0.25, 0.3) is 5.78 Å². The highest BCUT2D eigenvalue weighted by molar-refractivity contribution is 5.47. The van der Waals surface area contributed by atoms with Gasteiger partial charge in [-0.15, -0.1) is 0 Å². The highest BCUT2D eigenvalue weighted by atomic mass is 19.4. The average Bonchev–Trinajstić information content (AvgIpc) is 3.04. The molecule has 1 saturated carbocycles. The number of anilines is 1. The summed E-state index contributed by atoms with van der Waals surface area (Å²) in [6.45, 7) is 0.291. The molecule has 26 heavy (non-hydrogen) atoms. The van der Waals surface area contributed by atoms with Crippen molar-refractivity contribution in [1.29, 1.82) is 0 Å². The SMILES string of the molecule is FC(F)(F)c1cc(NCc2ccccc2OC2CCC2)n2ncnc2n1. The first kappa shape index (κ1) is 16.6. The van der Waals surface area contributed by atoms with Crippen LogP contribution in [0.3, 0.4) is 0 Å². The highest BCUT2D eigenvalue weighted by Gasteiger charge is 2.34. The van der Waals surface area contributed by atoms with E-state index in [1.807, 2.05) is 24.3 Å². The summed E-state index contributed by atoms with van der Waals surface area (Å²) >= 11 is 0. The summed E-state index contributed by atoms with van der Waals surface area (Å²) in [6.07, 6.45) is 0.0424. The summed E-state index contributed by atoms with van der Waals surface area (Å²) in [4.78, 5) is 7.26. The Labute approximate surface area is 147 Å². The molecule has 0 radical (unpaired) electrons. The van der Waals surface area contributed by atoms with Gasteiger partial charge in [-0.2, -0.15) is 27.8 Å². The number of hydrogen-bond donors (Lipinski definition) is 1. The zero-order valence-electron chi connectivity index (χ0n) is 13.7. The number of aromatic nitrogens is 4. The van der Waals surface area contributed by atoms with Crippen LogP contribution in [0, 0.1) is 0 Å². The Balaban J connectivity index is 1.59. The summed E-state index contributed by atoms with van der Waals surface area (Å²) in [5, 5.41) is 6.92. The third-order valence-corrected chi connectivity index (χ3v) is 4.32. The lowest BCUT2D eigenvalue weighted by atomic mass is 9.96. The van der Waals surface area contributed by atoms with Crippen molar-refractivity contribution in [2.75, 3.05) is 5.32 Å². The van der Waals surface area contributed by atoms with E-state index in [1.54, 1.807) is 0 Å². The van der Waals surface area contributed by atoms with Crippen LogP contribution in [0.4, 0.5) is 19.0 Å². The van der Waals surface area contributed by atoms with Crippen LogP contribution < -0.4 is 10.1 Å². The molecule has 1 N–H and O–H groups in total. The lowest BCUT2D eigenvalue weighted by molar-refractivity contribution is -0.141. The minimum atomic E-state index is -4.56. The Bertz CT molecular complexity index is 920. The number of benzene rings is 1. The fraction of sp³-hybridized carbons (Fsp3) is 0.353. The smallest absolute Gasteiger partial charge is 0.433 e. The molecule has 0 aliphatic heterocycles. The number of hydrogen-bond acceptors (Lipinski definition) is 5. The maximum absolute atomic E-state index is 13.1. The van der Waals surface area contributed by atoms with Crippen LogP contribution in [-0.4, -0.2) is 25.7 Å². The molecule has 0 spiro atoms. The summed E-state index contributed by atoms with van der Waals surface area (Å²) < 4.78 is 46.3. The van der Waals surface area contributed by atoms with Crippen LogP contribution in [0.25, 0.3) is 5.78 Å². The second kappa shape index (κ2) is 6.47. The number of nitrogens with one attached hydrogen (secondary N) is 1. The third-order valence-electron chi connectivity index (χ3n) is 4.32. The van der Waals surface area contributed by atoms with Gasteiger partial charge in [-0.3, -0.25) is 0 Å². The van der Waals surface area contributed by atoms with Crippen molar-refractivity contribution in [3.63, 3.8) is 0 Å². The number of para-hydroxylation sites is 1. The Kier molecular flexibility index (Phi) is 4.14. The fourth-order valence-corrected chi connectivity index (χ4v) is 2.70. The zero-order chi connectivity index (χ0) is 18.1. The predicted molar refractivity (Wildman–Crippen MR) is 87.8 cm³/mol. The first-order valence-electron chi connectivity index (χ1n) is 8.27. The molecule has 136 valence electrons. The van der Waals surface area contributed by atoms with Crippen LogP contribution in [0.5, 0.6) is 5.75 Å². The Morgan fingerprint density at radius 1 is 1.23 bits per heavy atom. The Morgan fingerprint density at radius 3 is 2.77 bits per heavy atom. The largest absolute Gasteiger partial charge is 0.490 e. The van der Waals surface area contributed by atoms with Gasteiger partial charge in [-0.05, 0) is 25.3 Å². The third kappa shape index (κ3) is 3.29. The van der Waals surface area contributed by atoms with Crippen LogP contribution >= 0.6 is 0 Å². The predicted octanol–water partition coefficient (Wildman–Crippen LogP) is 3.69. The molecule has 0 amide bonds. The first-order chi connectivity index (χ1) is 12.5. The summed E-state index contributed by atoms with van der Waals surface area (Å²) in [5.74, 6) is 0.796. The van der Waals surface area contributed by atoms with Gasteiger partial charge in [-0.1, -0.05) is 18.2 Å². The zero-order valence-corrected chi connectivity index (χ0v) is 13.7. The van der Waals surface area contributed by atoms with Crippen molar-refractivity contribution in [2.45, 2.75) is 38.1 Å². The lowest BCUT2D eigenvalue weighted by Crippen LogP contribution is -2.25. The van der Waals surface area contributed by atoms with Gasteiger partial charge in [0.1, 0.15) is 17.9 Å². The van der Waals surface area contributed by atoms with Gasteiger partial charge >= 0.3 is 6.18 Å². The molecule has 1 aromatic carbocycles. The van der Waals surface area contributed by atoms with Gasteiger partial charge in [0, 0.05) is 18.2 Å². The van der Waals surface area contributed by atoms with Crippen LogP contribution in [0.15, 0.2) is 36.7 Å². The quantitative estimate of drug-likeness (QED) is 0.749. The van der Waals surface area contributed by atoms with E-state index in [4.69, 9.17) is 4.74 Å². The fourth-order valence-electron chi connectivity index (χ4n) is 2.70. The average molecular weight is 363 g/mol. The summed E-state index contributed by atoms with van der Waals surface area (Å²) in [7, 11) is 0. The van der Waals surface area contributed by atoms with Gasteiger partial charge in [0.15, 0.2) is 5.69 Å². The van der Waals surface area contributed by atoms with Crippen LogP contribution in [-0.2, 0) is 12.7 Å². The molecule has 3 aromatic rings. The second-order valence-corrected chi connectivity index (χ2v) is 6.13. The van der Waals surface area contributed by atoms with E-state index >= 15 is 0 Å². The molecule has 1 aliphatic carbocycles. The van der Waals surface area contributed by atoms with Crippen molar-refractivity contribution in [2.24, 2.45) is 0 Å². The van der Waals surface area contributed by atoms with Crippen molar-refractivity contribution in [3.8, 4) is 5.75 Å². The molecule has 1 aliphatic rings. The number of ether oxygens (including phenoxy) is 1. The minimum absolute atomic E-state index is 0.110. The topological polar surface area (TPSA) is 64.3 Å². The molecule has 6 nitrogen and oxygen atoms in total. The number of halogens is 3. The highest BCUT2D eigenvalue weighted by Crippen LogP contribution is 2.31. The second-order valence-electron chi connectivity index (χ2n) is 6.13. The van der Waals surface area contributed by atoms with Gasteiger partial charge in [0.2, 0.25) is 0 Å². The van der Waals surface area contributed by atoms with Crippen molar-refractivity contribution >= 4 is 11.6 Å². The first-order valence-corrected chi connectivity index (χ1v) is 8.27. The number of alkyl halides is 3. The van der Waals surface area contributed by atoms with Crippen LogP contribution in [0.2, 0.25) is 0 Å². The lowest BCUT2D eigenvalue weighted by Gasteiger charge is -2.27. The molecule has 2 heterocycles. The van der Waals surface area contributed by atoms with E-state index in [1.165, 1.54) is 10.8 Å². The molecule has 9 heteroatoms. The summed E-state index contributed by atoms with van der Waals surface area (Å²) in [6, 6.07) is 8.42. The molecule has 2 aromatic heterocycles. The monoisotopic (exact) mass is 363 g/mol. The van der Waals surface area contributed by atoms with E-state index in [9.17, 15) is 13.2 Å². The van der Waals surface area contributed by atoms with E-state index in [-0.39, 0.29) is 17.7 Å². The number of rotatable bonds is 5. The summed E-state index contributed by atoms with van der Waals surface area (Å²) in [5.41, 5.74) is -0.155. The Hall–Kier alpha value is -2.84. The van der Waals surface area contributed by atoms with E-state index in [0.717, 1.165) is 36.6 Å². The van der Waals surface area contributed by atoms with Gasteiger partial charge in [-0.25, -0.2) is 4.98 Å². The molecular formula is C17H16F3N5O. The van der Waals surface area contributed by atoms with E-state index in [0.29, 0.717) is 6.54 Å². The molecule has 4 rings (SSSR count). The van der Waals surface area contributed by atoms with Crippen molar-refractivity contribution in [1.82, 2.24) is 19.6 Å². The maximum Gasteiger partial charge on any atom is 0.433 e. The van der Waals surface area contributed by atoms with Gasteiger partial charge < -0.3 is 10.1 Å². The Morgan fingerprint density at radius 2 is 2.04 bits per heavy atom. The van der Waals surface area contributed by atoms with Crippen molar-refractivity contribution < 1.29 is 17.9 Å². The molecule has 1 fully saturated rings. The minimum Gasteiger partial charge on any atom is -0.490 e. The maximum atomic E-state index is 13.1. The number of nitrogens with zero attached hydrogens (tertiary/aromatic N) is 4. The van der Waals surface area contributed by atoms with E-state index < -0.39 is 11.9 Å². The van der Waals surface area contributed by atoms with Gasteiger partial charge in [0.05, 0.1) is 6.10 Å². The van der Waals surface area contributed by atoms with Crippen molar-refractivity contribution in [3.05, 3.63) is 47.9 Å². The normalized spacial score (nSPS) is 15.0. The molecular weight excluding hydrogens is 347 g/mol. The molecule has 0 saturated heterocycles.